The molecule has 0 aromatic heterocycles. The summed E-state index contributed by atoms with van der Waals surface area (Å²) in [7, 11) is 1.83. The second kappa shape index (κ2) is 6.71. The molecule has 0 radical (unpaired) electrons. The Morgan fingerprint density at radius 2 is 2.18 bits per heavy atom. The van der Waals surface area contributed by atoms with Gasteiger partial charge in [-0.05, 0) is 37.7 Å². The first-order chi connectivity index (χ1) is 8.01. The zero-order valence-corrected chi connectivity index (χ0v) is 11.6. The fraction of sp³-hybridized carbons (Fsp3) is 0.417. The van der Waals surface area contributed by atoms with Crippen LogP contribution in [0, 0.1) is 5.82 Å². The van der Waals surface area contributed by atoms with E-state index in [2.05, 4.69) is 21.2 Å². The quantitative estimate of drug-likeness (QED) is 0.904. The molecule has 0 aliphatic heterocycles. The minimum absolute atomic E-state index is 0.0227. The van der Waals surface area contributed by atoms with Crippen LogP contribution in [0.25, 0.3) is 0 Å². The summed E-state index contributed by atoms with van der Waals surface area (Å²) in [5.41, 5.74) is 0.837. The fourth-order valence-electron chi connectivity index (χ4n) is 1.57. The van der Waals surface area contributed by atoms with Gasteiger partial charge >= 0.3 is 0 Å². The molecule has 1 aromatic rings. The minimum Gasteiger partial charge on any atom is -0.355 e. The molecule has 0 fully saturated rings. The lowest BCUT2D eigenvalue weighted by Crippen LogP contribution is -2.34. The molecule has 17 heavy (non-hydrogen) atoms. The number of carbonyl (C=O) groups is 1. The lowest BCUT2D eigenvalue weighted by molar-refractivity contribution is -0.121. The van der Waals surface area contributed by atoms with Crippen molar-refractivity contribution < 1.29 is 9.18 Å². The Balaban J connectivity index is 2.55. The maximum Gasteiger partial charge on any atom is 0.234 e. The van der Waals surface area contributed by atoms with E-state index in [0.717, 1.165) is 5.56 Å². The van der Waals surface area contributed by atoms with E-state index in [1.54, 1.807) is 0 Å². The molecule has 0 spiro atoms. The van der Waals surface area contributed by atoms with Crippen LogP contribution in [0.15, 0.2) is 22.7 Å². The first-order valence-electron chi connectivity index (χ1n) is 5.41. The van der Waals surface area contributed by atoms with Crippen LogP contribution in [-0.2, 0) is 11.3 Å². The lowest BCUT2D eigenvalue weighted by Gasteiger charge is -2.16. The number of hydrogen-bond acceptors (Lipinski definition) is 2. The fourth-order valence-corrected chi connectivity index (χ4v) is 2.08. The van der Waals surface area contributed by atoms with Crippen LogP contribution in [0.1, 0.15) is 12.5 Å². The highest BCUT2D eigenvalue weighted by atomic mass is 79.9. The molecule has 0 heterocycles. The molecule has 5 heteroatoms. The van der Waals surface area contributed by atoms with Crippen molar-refractivity contribution in [3.8, 4) is 0 Å². The Labute approximate surface area is 109 Å². The molecule has 1 N–H and O–H groups in total. The summed E-state index contributed by atoms with van der Waals surface area (Å²) in [4.78, 5) is 13.2. The van der Waals surface area contributed by atoms with E-state index in [9.17, 15) is 9.18 Å². The zero-order valence-electron chi connectivity index (χ0n) is 9.96. The first-order valence-corrected chi connectivity index (χ1v) is 6.20. The van der Waals surface area contributed by atoms with Crippen LogP contribution >= 0.6 is 15.9 Å². The van der Waals surface area contributed by atoms with E-state index in [1.165, 1.54) is 12.1 Å². The van der Waals surface area contributed by atoms with Gasteiger partial charge in [-0.1, -0.05) is 15.9 Å². The van der Waals surface area contributed by atoms with E-state index >= 15 is 0 Å². The largest absolute Gasteiger partial charge is 0.355 e. The normalized spacial score (nSPS) is 10.6. The Morgan fingerprint density at radius 1 is 1.47 bits per heavy atom. The van der Waals surface area contributed by atoms with Crippen molar-refractivity contribution in [3.05, 3.63) is 34.1 Å². The van der Waals surface area contributed by atoms with Crippen molar-refractivity contribution in [1.82, 2.24) is 10.2 Å². The monoisotopic (exact) mass is 302 g/mol. The third kappa shape index (κ3) is 5.28. The van der Waals surface area contributed by atoms with Gasteiger partial charge in [-0.3, -0.25) is 9.69 Å². The Bertz CT molecular complexity index is 378. The Hall–Kier alpha value is -0.940. The van der Waals surface area contributed by atoms with Crippen molar-refractivity contribution in [2.24, 2.45) is 0 Å². The highest BCUT2D eigenvalue weighted by Gasteiger charge is 2.07. The SMILES string of the molecule is CCNC(=O)CN(C)Cc1cc(F)cc(Br)c1. The number of carbonyl (C=O) groups excluding carboxylic acids is 1. The minimum atomic E-state index is -0.277. The van der Waals surface area contributed by atoms with Crippen LogP contribution in [0.4, 0.5) is 4.39 Å². The highest BCUT2D eigenvalue weighted by molar-refractivity contribution is 9.10. The summed E-state index contributed by atoms with van der Waals surface area (Å²) in [5.74, 6) is -0.300. The molecular formula is C12H16BrFN2O. The van der Waals surface area contributed by atoms with Crippen LogP contribution < -0.4 is 5.32 Å². The molecule has 0 aliphatic rings. The standard InChI is InChI=1S/C12H16BrFN2O/c1-3-15-12(17)8-16(2)7-9-4-10(13)6-11(14)5-9/h4-6H,3,7-8H2,1-2H3,(H,15,17). The molecule has 94 valence electrons. The average molecular weight is 303 g/mol. The molecule has 1 rings (SSSR count). The van der Waals surface area contributed by atoms with Crippen LogP contribution in [0.2, 0.25) is 0 Å². The zero-order chi connectivity index (χ0) is 12.8. The van der Waals surface area contributed by atoms with Gasteiger partial charge in [0.15, 0.2) is 0 Å². The van der Waals surface area contributed by atoms with Gasteiger partial charge in [0.2, 0.25) is 5.91 Å². The van der Waals surface area contributed by atoms with Gasteiger partial charge in [0, 0.05) is 17.6 Å². The van der Waals surface area contributed by atoms with Crippen LogP contribution in [-0.4, -0.2) is 30.9 Å². The third-order valence-electron chi connectivity index (χ3n) is 2.16. The third-order valence-corrected chi connectivity index (χ3v) is 2.62. The number of likely N-dealkylation sites (N-methyl/N-ethyl adjacent to an activating group) is 2. The predicted molar refractivity (Wildman–Crippen MR) is 69.1 cm³/mol. The van der Waals surface area contributed by atoms with Crippen molar-refractivity contribution in [2.75, 3.05) is 20.1 Å². The number of hydrogen-bond donors (Lipinski definition) is 1. The van der Waals surface area contributed by atoms with Gasteiger partial charge in [0.25, 0.3) is 0 Å². The first kappa shape index (κ1) is 14.1. The summed E-state index contributed by atoms with van der Waals surface area (Å²) in [5, 5.41) is 2.72. The van der Waals surface area contributed by atoms with Crippen molar-refractivity contribution in [2.45, 2.75) is 13.5 Å². The average Bonchev–Trinajstić information content (AvgIpc) is 2.14. The lowest BCUT2D eigenvalue weighted by atomic mass is 10.2. The van der Waals surface area contributed by atoms with Gasteiger partial charge in [-0.2, -0.15) is 0 Å². The topological polar surface area (TPSA) is 32.3 Å². The van der Waals surface area contributed by atoms with Crippen molar-refractivity contribution in [1.29, 1.82) is 0 Å². The number of rotatable bonds is 5. The smallest absolute Gasteiger partial charge is 0.234 e. The van der Waals surface area contributed by atoms with Crippen molar-refractivity contribution >= 4 is 21.8 Å². The maximum atomic E-state index is 13.1. The van der Waals surface area contributed by atoms with E-state index in [4.69, 9.17) is 0 Å². The number of amides is 1. The maximum absolute atomic E-state index is 13.1. The Kier molecular flexibility index (Phi) is 5.58. The molecule has 0 bridgehead atoms. The Morgan fingerprint density at radius 3 is 2.76 bits per heavy atom. The molecule has 0 unspecified atom stereocenters. The van der Waals surface area contributed by atoms with E-state index in [1.807, 2.05) is 24.9 Å². The van der Waals surface area contributed by atoms with E-state index in [-0.39, 0.29) is 11.7 Å². The molecule has 0 saturated carbocycles. The van der Waals surface area contributed by atoms with Crippen LogP contribution in [0.5, 0.6) is 0 Å². The summed E-state index contributed by atoms with van der Waals surface area (Å²) in [6.45, 7) is 3.34. The summed E-state index contributed by atoms with van der Waals surface area (Å²) in [6, 6.07) is 4.73. The van der Waals surface area contributed by atoms with E-state index < -0.39 is 0 Å². The molecule has 3 nitrogen and oxygen atoms in total. The van der Waals surface area contributed by atoms with Gasteiger partial charge in [0.05, 0.1) is 6.54 Å². The van der Waals surface area contributed by atoms with E-state index in [0.29, 0.717) is 24.1 Å². The van der Waals surface area contributed by atoms with Gasteiger partial charge < -0.3 is 5.32 Å². The summed E-state index contributed by atoms with van der Waals surface area (Å²) in [6.07, 6.45) is 0. The number of halogens is 2. The number of nitrogens with zero attached hydrogens (tertiary/aromatic N) is 1. The van der Waals surface area contributed by atoms with Gasteiger partial charge in [-0.15, -0.1) is 0 Å². The number of nitrogens with one attached hydrogen (secondary N) is 1. The van der Waals surface area contributed by atoms with Gasteiger partial charge in [-0.25, -0.2) is 4.39 Å². The summed E-state index contributed by atoms with van der Waals surface area (Å²) < 4.78 is 13.8. The van der Waals surface area contributed by atoms with Crippen LogP contribution in [0.3, 0.4) is 0 Å². The molecule has 0 aliphatic carbocycles. The predicted octanol–water partition coefficient (Wildman–Crippen LogP) is 2.16. The molecule has 1 amide bonds. The van der Waals surface area contributed by atoms with Gasteiger partial charge in [0.1, 0.15) is 5.82 Å². The molecular weight excluding hydrogens is 287 g/mol. The molecule has 0 atom stereocenters. The molecule has 0 saturated heterocycles. The highest BCUT2D eigenvalue weighted by Crippen LogP contribution is 2.15. The van der Waals surface area contributed by atoms with Crippen molar-refractivity contribution in [3.63, 3.8) is 0 Å². The molecule has 1 aromatic carbocycles. The second-order valence-electron chi connectivity index (χ2n) is 3.90. The number of benzene rings is 1. The second-order valence-corrected chi connectivity index (χ2v) is 4.82. The summed E-state index contributed by atoms with van der Waals surface area (Å²) >= 11 is 3.24.